The number of aromatic nitrogens is 1. The van der Waals surface area contributed by atoms with Crippen LogP contribution in [-0.2, 0) is 9.59 Å². The summed E-state index contributed by atoms with van der Waals surface area (Å²) in [7, 11) is 0. The molecule has 2 rings (SSSR count). The van der Waals surface area contributed by atoms with Crippen LogP contribution < -0.4 is 5.32 Å². The van der Waals surface area contributed by atoms with Crippen LogP contribution in [0.4, 0.5) is 5.69 Å². The van der Waals surface area contributed by atoms with Crippen molar-refractivity contribution in [1.82, 2.24) is 9.88 Å². The van der Waals surface area contributed by atoms with Crippen molar-refractivity contribution < 1.29 is 9.59 Å². The molecule has 1 N–H and O–H groups in total. The Hall–Kier alpha value is -1.91. The lowest BCUT2D eigenvalue weighted by Gasteiger charge is -2.30. The number of carbonyl (C=O) groups excluding carboxylic acids is 2. The molecule has 1 aromatic rings. The zero-order valence-corrected chi connectivity index (χ0v) is 12.2. The van der Waals surface area contributed by atoms with Crippen LogP contribution in [-0.4, -0.2) is 34.3 Å². The number of likely N-dealkylation sites (tertiary alicyclic amines) is 1. The molecule has 108 valence electrons. The number of aryl methyl sites for hydroxylation is 1. The Labute approximate surface area is 119 Å². The molecule has 1 aromatic heterocycles. The molecule has 0 aliphatic carbocycles. The number of carbonyl (C=O) groups is 2. The summed E-state index contributed by atoms with van der Waals surface area (Å²) in [5.74, 6) is 0.0159. The Balaban J connectivity index is 2.16. The zero-order chi connectivity index (χ0) is 14.7. The van der Waals surface area contributed by atoms with Crippen LogP contribution in [0.25, 0.3) is 0 Å². The van der Waals surface area contributed by atoms with E-state index in [2.05, 4.69) is 10.3 Å². The molecule has 20 heavy (non-hydrogen) atoms. The highest BCUT2D eigenvalue weighted by atomic mass is 16.2. The van der Waals surface area contributed by atoms with Gasteiger partial charge in [-0.15, -0.1) is 0 Å². The molecule has 1 fully saturated rings. The SMILES string of the molecule is Cc1ccncc1NC(=O)C(C(C)C)N1CCCC1=O. The maximum absolute atomic E-state index is 12.5. The molecule has 0 aromatic carbocycles. The number of hydrogen-bond donors (Lipinski definition) is 1. The summed E-state index contributed by atoms with van der Waals surface area (Å²) in [4.78, 5) is 30.1. The van der Waals surface area contributed by atoms with E-state index < -0.39 is 6.04 Å². The molecule has 0 spiro atoms. The molecular formula is C15H21N3O2. The van der Waals surface area contributed by atoms with E-state index in [0.717, 1.165) is 12.0 Å². The quantitative estimate of drug-likeness (QED) is 0.914. The van der Waals surface area contributed by atoms with Gasteiger partial charge in [-0.05, 0) is 30.9 Å². The van der Waals surface area contributed by atoms with E-state index in [1.165, 1.54) is 0 Å². The number of amides is 2. The van der Waals surface area contributed by atoms with Gasteiger partial charge in [0.05, 0.1) is 11.9 Å². The van der Waals surface area contributed by atoms with Crippen LogP contribution >= 0.6 is 0 Å². The van der Waals surface area contributed by atoms with Crippen LogP contribution in [0.5, 0.6) is 0 Å². The van der Waals surface area contributed by atoms with Gasteiger partial charge in [0.15, 0.2) is 0 Å². The third-order valence-electron chi connectivity index (χ3n) is 3.64. The van der Waals surface area contributed by atoms with Crippen LogP contribution in [0.1, 0.15) is 32.3 Å². The van der Waals surface area contributed by atoms with Crippen molar-refractivity contribution in [3.63, 3.8) is 0 Å². The first kappa shape index (κ1) is 14.5. The van der Waals surface area contributed by atoms with Crippen LogP contribution in [0.3, 0.4) is 0 Å². The Morgan fingerprint density at radius 3 is 2.75 bits per heavy atom. The average Bonchev–Trinajstić information content (AvgIpc) is 2.78. The first-order valence-corrected chi connectivity index (χ1v) is 7.01. The summed E-state index contributed by atoms with van der Waals surface area (Å²) in [6, 6.07) is 1.44. The molecule has 1 aliphatic rings. The van der Waals surface area contributed by atoms with Crippen LogP contribution in [0.2, 0.25) is 0 Å². The fourth-order valence-electron chi connectivity index (χ4n) is 2.57. The minimum absolute atomic E-state index is 0.0711. The average molecular weight is 275 g/mol. The Morgan fingerprint density at radius 1 is 1.45 bits per heavy atom. The maximum Gasteiger partial charge on any atom is 0.247 e. The predicted molar refractivity (Wildman–Crippen MR) is 77.2 cm³/mol. The van der Waals surface area contributed by atoms with Gasteiger partial charge in [-0.3, -0.25) is 14.6 Å². The number of anilines is 1. The van der Waals surface area contributed by atoms with E-state index in [1.807, 2.05) is 26.8 Å². The van der Waals surface area contributed by atoms with Crippen molar-refractivity contribution in [1.29, 1.82) is 0 Å². The lowest BCUT2D eigenvalue weighted by molar-refractivity contribution is -0.136. The fraction of sp³-hybridized carbons (Fsp3) is 0.533. The van der Waals surface area contributed by atoms with E-state index in [0.29, 0.717) is 18.7 Å². The van der Waals surface area contributed by atoms with Gasteiger partial charge in [-0.2, -0.15) is 0 Å². The first-order valence-electron chi connectivity index (χ1n) is 7.01. The van der Waals surface area contributed by atoms with Crippen molar-refractivity contribution in [3.8, 4) is 0 Å². The third-order valence-corrected chi connectivity index (χ3v) is 3.64. The molecule has 5 nitrogen and oxygen atoms in total. The summed E-state index contributed by atoms with van der Waals surface area (Å²) in [5, 5.41) is 2.89. The second-order valence-corrected chi connectivity index (χ2v) is 5.56. The Kier molecular flexibility index (Phi) is 4.37. The Bertz CT molecular complexity index is 514. The van der Waals surface area contributed by atoms with Gasteiger partial charge < -0.3 is 10.2 Å². The molecule has 1 unspecified atom stereocenters. The molecule has 1 saturated heterocycles. The van der Waals surface area contributed by atoms with Gasteiger partial charge in [0, 0.05) is 19.2 Å². The molecule has 5 heteroatoms. The maximum atomic E-state index is 12.5. The highest BCUT2D eigenvalue weighted by Gasteiger charge is 2.34. The van der Waals surface area contributed by atoms with E-state index in [9.17, 15) is 9.59 Å². The summed E-state index contributed by atoms with van der Waals surface area (Å²) >= 11 is 0. The highest BCUT2D eigenvalue weighted by molar-refractivity contribution is 5.98. The topological polar surface area (TPSA) is 62.3 Å². The number of hydrogen-bond acceptors (Lipinski definition) is 3. The van der Waals surface area contributed by atoms with Gasteiger partial charge >= 0.3 is 0 Å². The van der Waals surface area contributed by atoms with Crippen molar-refractivity contribution in [2.75, 3.05) is 11.9 Å². The largest absolute Gasteiger partial charge is 0.330 e. The molecule has 1 aliphatic heterocycles. The minimum atomic E-state index is -0.412. The van der Waals surface area contributed by atoms with Gasteiger partial charge in [-0.1, -0.05) is 13.8 Å². The molecule has 1 atom stereocenters. The highest BCUT2D eigenvalue weighted by Crippen LogP contribution is 2.21. The summed E-state index contributed by atoms with van der Waals surface area (Å²) < 4.78 is 0. The lowest BCUT2D eigenvalue weighted by Crippen LogP contribution is -2.48. The van der Waals surface area contributed by atoms with Gasteiger partial charge in [0.2, 0.25) is 11.8 Å². The van der Waals surface area contributed by atoms with Gasteiger partial charge in [0.25, 0.3) is 0 Å². The molecule has 0 saturated carbocycles. The van der Waals surface area contributed by atoms with Crippen molar-refractivity contribution in [2.45, 2.75) is 39.7 Å². The van der Waals surface area contributed by atoms with Crippen molar-refractivity contribution in [3.05, 3.63) is 24.0 Å². The summed E-state index contributed by atoms with van der Waals surface area (Å²) in [6.07, 6.45) is 4.70. The van der Waals surface area contributed by atoms with Gasteiger partial charge in [-0.25, -0.2) is 0 Å². The minimum Gasteiger partial charge on any atom is -0.330 e. The smallest absolute Gasteiger partial charge is 0.247 e. The van der Waals surface area contributed by atoms with E-state index in [4.69, 9.17) is 0 Å². The zero-order valence-electron chi connectivity index (χ0n) is 12.2. The summed E-state index contributed by atoms with van der Waals surface area (Å²) in [5.41, 5.74) is 1.67. The summed E-state index contributed by atoms with van der Waals surface area (Å²) in [6.45, 7) is 6.52. The van der Waals surface area contributed by atoms with Crippen molar-refractivity contribution in [2.24, 2.45) is 5.92 Å². The number of rotatable bonds is 4. The monoisotopic (exact) mass is 275 g/mol. The predicted octanol–water partition coefficient (Wildman–Crippen LogP) is 1.98. The third kappa shape index (κ3) is 2.98. The molecule has 0 bridgehead atoms. The first-order chi connectivity index (χ1) is 9.50. The van der Waals surface area contributed by atoms with Crippen LogP contribution in [0.15, 0.2) is 18.5 Å². The van der Waals surface area contributed by atoms with Crippen molar-refractivity contribution >= 4 is 17.5 Å². The number of nitrogens with zero attached hydrogens (tertiary/aromatic N) is 2. The normalized spacial score (nSPS) is 16.6. The molecule has 2 amide bonds. The molecular weight excluding hydrogens is 254 g/mol. The van der Waals surface area contributed by atoms with E-state index in [-0.39, 0.29) is 17.7 Å². The molecule has 0 radical (unpaired) electrons. The van der Waals surface area contributed by atoms with E-state index in [1.54, 1.807) is 17.3 Å². The number of pyridine rings is 1. The van der Waals surface area contributed by atoms with Gasteiger partial charge in [0.1, 0.15) is 6.04 Å². The van der Waals surface area contributed by atoms with E-state index >= 15 is 0 Å². The second kappa shape index (κ2) is 6.03. The Morgan fingerprint density at radius 2 is 2.20 bits per heavy atom. The molecule has 2 heterocycles. The standard InChI is InChI=1S/C15H21N3O2/c1-10(2)14(18-8-4-5-13(18)19)15(20)17-12-9-16-7-6-11(12)3/h6-7,9-10,14H,4-5,8H2,1-3H3,(H,17,20). The fourth-order valence-corrected chi connectivity index (χ4v) is 2.57. The second-order valence-electron chi connectivity index (χ2n) is 5.56. The van der Waals surface area contributed by atoms with Crippen LogP contribution in [0, 0.1) is 12.8 Å². The number of nitrogens with one attached hydrogen (secondary N) is 1. The lowest BCUT2D eigenvalue weighted by atomic mass is 10.0.